The number of nitrogens with one attached hydrogen (secondary N) is 1. The number of amides is 3. The molecule has 8 heteroatoms. The number of benzene rings is 2. The van der Waals surface area contributed by atoms with Crippen molar-refractivity contribution in [2.75, 3.05) is 30.0 Å². The van der Waals surface area contributed by atoms with E-state index in [0.717, 1.165) is 0 Å². The van der Waals surface area contributed by atoms with Crippen molar-refractivity contribution in [2.24, 2.45) is 5.73 Å². The fourth-order valence-electron chi connectivity index (χ4n) is 2.62. The summed E-state index contributed by atoms with van der Waals surface area (Å²) < 4.78 is 10.5. The zero-order valence-corrected chi connectivity index (χ0v) is 14.5. The van der Waals surface area contributed by atoms with Crippen molar-refractivity contribution in [2.45, 2.75) is 6.42 Å². The summed E-state index contributed by atoms with van der Waals surface area (Å²) in [6.07, 6.45) is 0.139. The number of anilines is 2. The van der Waals surface area contributed by atoms with Crippen molar-refractivity contribution < 1.29 is 23.9 Å². The smallest absolute Gasteiger partial charge is 0.265 e. The van der Waals surface area contributed by atoms with E-state index >= 15 is 0 Å². The lowest BCUT2D eigenvalue weighted by Crippen LogP contribution is -2.40. The monoisotopic (exact) mass is 369 g/mol. The minimum absolute atomic E-state index is 0.0363. The second-order valence-corrected chi connectivity index (χ2v) is 5.88. The third-order valence-corrected chi connectivity index (χ3v) is 3.89. The van der Waals surface area contributed by atoms with Gasteiger partial charge in [-0.1, -0.05) is 12.1 Å². The molecule has 0 radical (unpaired) electrons. The number of nitrogens with zero attached hydrogens (tertiary/aromatic N) is 1. The molecule has 3 N–H and O–H groups in total. The van der Waals surface area contributed by atoms with Gasteiger partial charge in [0.2, 0.25) is 5.91 Å². The molecule has 3 amide bonds. The summed E-state index contributed by atoms with van der Waals surface area (Å²) in [5, 5.41) is 2.76. The van der Waals surface area contributed by atoms with E-state index in [1.807, 2.05) is 12.1 Å². The molecule has 3 rings (SSSR count). The van der Waals surface area contributed by atoms with Crippen LogP contribution in [0.3, 0.4) is 0 Å². The van der Waals surface area contributed by atoms with Crippen LogP contribution in [0.5, 0.6) is 11.5 Å². The Balaban J connectivity index is 1.54. The van der Waals surface area contributed by atoms with Crippen LogP contribution in [-0.4, -0.2) is 37.5 Å². The Bertz CT molecular complexity index is 851. The summed E-state index contributed by atoms with van der Waals surface area (Å²) in [5.41, 5.74) is 6.26. The van der Waals surface area contributed by atoms with Crippen molar-refractivity contribution in [1.29, 1.82) is 0 Å². The average Bonchev–Trinajstić information content (AvgIpc) is 2.66. The Morgan fingerprint density at radius 1 is 1.15 bits per heavy atom. The highest BCUT2D eigenvalue weighted by molar-refractivity contribution is 5.99. The first-order valence-corrected chi connectivity index (χ1v) is 8.36. The molecule has 0 saturated carbocycles. The maximum absolute atomic E-state index is 12.2. The first-order valence-electron chi connectivity index (χ1n) is 8.36. The van der Waals surface area contributed by atoms with Gasteiger partial charge < -0.3 is 25.4 Å². The third-order valence-electron chi connectivity index (χ3n) is 3.89. The first-order chi connectivity index (χ1) is 13.0. The summed E-state index contributed by atoms with van der Waals surface area (Å²) in [6.45, 7) is 0.0109. The van der Waals surface area contributed by atoms with E-state index in [1.165, 1.54) is 0 Å². The van der Waals surface area contributed by atoms with Crippen molar-refractivity contribution in [1.82, 2.24) is 0 Å². The van der Waals surface area contributed by atoms with Crippen LogP contribution in [0.1, 0.15) is 6.42 Å². The van der Waals surface area contributed by atoms with Gasteiger partial charge in [0.1, 0.15) is 11.5 Å². The van der Waals surface area contributed by atoms with Crippen LogP contribution in [0.2, 0.25) is 0 Å². The number of primary amides is 1. The van der Waals surface area contributed by atoms with Gasteiger partial charge in [-0.15, -0.1) is 0 Å². The minimum atomic E-state index is -0.563. The fourth-order valence-corrected chi connectivity index (χ4v) is 2.62. The van der Waals surface area contributed by atoms with Crippen LogP contribution in [0, 0.1) is 0 Å². The lowest BCUT2D eigenvalue weighted by molar-refractivity contribution is -0.121. The number of hydrogen-bond acceptors (Lipinski definition) is 5. The molecule has 0 spiro atoms. The van der Waals surface area contributed by atoms with Crippen molar-refractivity contribution in [3.05, 3.63) is 48.5 Å². The van der Waals surface area contributed by atoms with E-state index < -0.39 is 5.91 Å². The molecular formula is C19H19N3O5. The van der Waals surface area contributed by atoms with E-state index in [9.17, 15) is 14.4 Å². The lowest BCUT2D eigenvalue weighted by Gasteiger charge is -2.29. The van der Waals surface area contributed by atoms with Gasteiger partial charge in [-0.2, -0.15) is 0 Å². The van der Waals surface area contributed by atoms with E-state index in [0.29, 0.717) is 22.9 Å². The van der Waals surface area contributed by atoms with Crippen LogP contribution in [0.25, 0.3) is 0 Å². The van der Waals surface area contributed by atoms with Crippen molar-refractivity contribution in [3.8, 4) is 11.5 Å². The highest BCUT2D eigenvalue weighted by Crippen LogP contribution is 2.31. The predicted octanol–water partition coefficient (Wildman–Crippen LogP) is 1.30. The molecule has 140 valence electrons. The summed E-state index contributed by atoms with van der Waals surface area (Å²) in [7, 11) is 0. The van der Waals surface area contributed by atoms with Gasteiger partial charge in [-0.05, 0) is 36.4 Å². The number of ether oxygens (including phenoxy) is 2. The SMILES string of the molecule is NC(=O)COc1ccc(NC(=O)CCN2C(=O)COc3ccccc32)cc1. The Hall–Kier alpha value is -3.55. The molecule has 1 aliphatic rings. The molecule has 27 heavy (non-hydrogen) atoms. The Labute approximate surface area is 155 Å². The molecule has 0 unspecified atom stereocenters. The van der Waals surface area contributed by atoms with Gasteiger partial charge in [-0.25, -0.2) is 0 Å². The van der Waals surface area contributed by atoms with Crippen LogP contribution in [-0.2, 0) is 14.4 Å². The van der Waals surface area contributed by atoms with E-state index in [2.05, 4.69) is 5.32 Å². The number of carbonyl (C=O) groups excluding carboxylic acids is 3. The molecule has 0 atom stereocenters. The Kier molecular flexibility index (Phi) is 5.55. The fraction of sp³-hybridized carbons (Fsp3) is 0.211. The molecule has 0 fully saturated rings. The van der Waals surface area contributed by atoms with Gasteiger partial charge in [-0.3, -0.25) is 14.4 Å². The Morgan fingerprint density at radius 3 is 2.63 bits per heavy atom. The number of para-hydroxylation sites is 2. The zero-order chi connectivity index (χ0) is 19.2. The summed E-state index contributed by atoms with van der Waals surface area (Å²) in [4.78, 5) is 36.5. The Morgan fingerprint density at radius 2 is 1.89 bits per heavy atom. The van der Waals surface area contributed by atoms with Crippen LogP contribution in [0.15, 0.2) is 48.5 Å². The number of carbonyl (C=O) groups is 3. The number of fused-ring (bicyclic) bond motifs is 1. The largest absolute Gasteiger partial charge is 0.484 e. The molecule has 0 aliphatic carbocycles. The van der Waals surface area contributed by atoms with Crippen molar-refractivity contribution in [3.63, 3.8) is 0 Å². The van der Waals surface area contributed by atoms with E-state index in [1.54, 1.807) is 41.3 Å². The standard InChI is InChI=1S/C19H19N3O5/c20-17(23)11-26-14-7-5-13(6-8-14)21-18(24)9-10-22-15-3-1-2-4-16(15)27-12-19(22)25/h1-8H,9-12H2,(H2,20,23)(H,21,24). The molecule has 8 nitrogen and oxygen atoms in total. The number of rotatable bonds is 7. The van der Waals surface area contributed by atoms with E-state index in [4.69, 9.17) is 15.2 Å². The predicted molar refractivity (Wildman–Crippen MR) is 98.7 cm³/mol. The van der Waals surface area contributed by atoms with Crippen LogP contribution < -0.4 is 25.4 Å². The lowest BCUT2D eigenvalue weighted by atomic mass is 10.2. The van der Waals surface area contributed by atoms with Gasteiger partial charge >= 0.3 is 0 Å². The molecule has 0 aromatic heterocycles. The molecule has 0 bridgehead atoms. The highest BCUT2D eigenvalue weighted by atomic mass is 16.5. The average molecular weight is 369 g/mol. The normalized spacial score (nSPS) is 12.7. The quantitative estimate of drug-likeness (QED) is 0.764. The summed E-state index contributed by atoms with van der Waals surface area (Å²) in [5.74, 6) is 0.132. The molecule has 2 aromatic carbocycles. The number of hydrogen-bond donors (Lipinski definition) is 2. The molecule has 2 aromatic rings. The van der Waals surface area contributed by atoms with Crippen LogP contribution in [0.4, 0.5) is 11.4 Å². The molecule has 0 saturated heterocycles. The molecule has 1 heterocycles. The minimum Gasteiger partial charge on any atom is -0.484 e. The summed E-state index contributed by atoms with van der Waals surface area (Å²) >= 11 is 0. The molecular weight excluding hydrogens is 350 g/mol. The van der Waals surface area contributed by atoms with Crippen molar-refractivity contribution >= 4 is 29.1 Å². The van der Waals surface area contributed by atoms with Gasteiger partial charge in [0, 0.05) is 18.7 Å². The number of nitrogens with two attached hydrogens (primary N) is 1. The topological polar surface area (TPSA) is 111 Å². The van der Waals surface area contributed by atoms with Gasteiger partial charge in [0.05, 0.1) is 5.69 Å². The van der Waals surface area contributed by atoms with Gasteiger partial charge in [0.25, 0.3) is 11.8 Å². The van der Waals surface area contributed by atoms with Gasteiger partial charge in [0.15, 0.2) is 13.2 Å². The summed E-state index contributed by atoms with van der Waals surface area (Å²) in [6, 6.07) is 13.8. The zero-order valence-electron chi connectivity index (χ0n) is 14.5. The second kappa shape index (κ2) is 8.22. The van der Waals surface area contributed by atoms with E-state index in [-0.39, 0.29) is 38.0 Å². The van der Waals surface area contributed by atoms with Crippen LogP contribution >= 0.6 is 0 Å². The first kappa shape index (κ1) is 18.2. The second-order valence-electron chi connectivity index (χ2n) is 5.88. The highest BCUT2D eigenvalue weighted by Gasteiger charge is 2.25. The third kappa shape index (κ3) is 4.75. The molecule has 1 aliphatic heterocycles. The maximum Gasteiger partial charge on any atom is 0.265 e. The maximum atomic E-state index is 12.2.